The van der Waals surface area contributed by atoms with Crippen LogP contribution in [0.15, 0.2) is 36.4 Å². The third kappa shape index (κ3) is 2.57. The van der Waals surface area contributed by atoms with Crippen molar-refractivity contribution >= 4 is 5.97 Å². The quantitative estimate of drug-likeness (QED) is 0.918. The number of aromatic carboxylic acids is 1. The smallest absolute Gasteiger partial charge is 0.338 e. The van der Waals surface area contributed by atoms with Crippen LogP contribution in [0.2, 0.25) is 0 Å². The van der Waals surface area contributed by atoms with E-state index in [2.05, 4.69) is 0 Å². The maximum atomic E-state index is 13.5. The van der Waals surface area contributed by atoms with Crippen LogP contribution in [0.4, 0.5) is 4.39 Å². The highest BCUT2D eigenvalue weighted by Gasteiger charge is 2.14. The maximum Gasteiger partial charge on any atom is 0.338 e. The molecule has 0 heterocycles. The summed E-state index contributed by atoms with van der Waals surface area (Å²) in [7, 11) is 1.55. The second kappa shape index (κ2) is 5.10. The average molecular weight is 260 g/mol. The lowest BCUT2D eigenvalue weighted by molar-refractivity contribution is 0.0692. The van der Waals surface area contributed by atoms with Gasteiger partial charge in [0.25, 0.3) is 0 Å². The van der Waals surface area contributed by atoms with Gasteiger partial charge in [0, 0.05) is 0 Å². The first-order valence-corrected chi connectivity index (χ1v) is 5.71. The Morgan fingerprint density at radius 1 is 1.26 bits per heavy atom. The van der Waals surface area contributed by atoms with E-state index in [0.29, 0.717) is 16.9 Å². The van der Waals surface area contributed by atoms with Crippen LogP contribution in [-0.4, -0.2) is 18.2 Å². The Morgan fingerprint density at radius 2 is 2.00 bits per heavy atom. The number of hydrogen-bond donors (Lipinski definition) is 1. The zero-order valence-corrected chi connectivity index (χ0v) is 10.6. The molecule has 2 aromatic rings. The molecule has 19 heavy (non-hydrogen) atoms. The molecule has 0 spiro atoms. The zero-order chi connectivity index (χ0) is 14.0. The summed E-state index contributed by atoms with van der Waals surface area (Å²) in [5.74, 6) is -1.34. The standard InChI is InChI=1S/C15H13FO3/c1-9-6-14(16)13(15(17)18)8-12(9)10-4-3-5-11(7-10)19-2/h3-8H,1-2H3,(H,17,18). The van der Waals surface area contributed by atoms with Crippen molar-refractivity contribution in [2.45, 2.75) is 6.92 Å². The molecule has 0 aliphatic rings. The Labute approximate surface area is 110 Å². The molecule has 0 fully saturated rings. The van der Waals surface area contributed by atoms with E-state index in [9.17, 15) is 9.18 Å². The summed E-state index contributed by atoms with van der Waals surface area (Å²) in [6.45, 7) is 1.74. The van der Waals surface area contributed by atoms with Crippen molar-refractivity contribution in [3.63, 3.8) is 0 Å². The molecule has 0 unspecified atom stereocenters. The van der Waals surface area contributed by atoms with Crippen molar-refractivity contribution < 1.29 is 19.0 Å². The second-order valence-electron chi connectivity index (χ2n) is 4.18. The maximum absolute atomic E-state index is 13.5. The first kappa shape index (κ1) is 13.1. The molecule has 0 atom stereocenters. The molecular formula is C15H13FO3. The number of carboxylic acids is 1. The first-order chi connectivity index (χ1) is 9.02. The number of methoxy groups -OCH3 is 1. The summed E-state index contributed by atoms with van der Waals surface area (Å²) in [5, 5.41) is 8.96. The lowest BCUT2D eigenvalue weighted by Crippen LogP contribution is -2.02. The van der Waals surface area contributed by atoms with Crippen molar-refractivity contribution in [3.8, 4) is 16.9 Å². The fourth-order valence-electron chi connectivity index (χ4n) is 1.94. The molecule has 1 N–H and O–H groups in total. The van der Waals surface area contributed by atoms with Crippen molar-refractivity contribution in [1.82, 2.24) is 0 Å². The fraction of sp³-hybridized carbons (Fsp3) is 0.133. The number of carboxylic acid groups (broad SMARTS) is 1. The predicted octanol–water partition coefficient (Wildman–Crippen LogP) is 3.51. The molecule has 2 rings (SSSR count). The molecule has 2 aromatic carbocycles. The van der Waals surface area contributed by atoms with Gasteiger partial charge in [0.05, 0.1) is 12.7 Å². The van der Waals surface area contributed by atoms with E-state index in [-0.39, 0.29) is 5.56 Å². The van der Waals surface area contributed by atoms with Crippen LogP contribution in [-0.2, 0) is 0 Å². The molecule has 0 saturated carbocycles. The van der Waals surface area contributed by atoms with Gasteiger partial charge in [-0.05, 0) is 47.9 Å². The topological polar surface area (TPSA) is 46.5 Å². The number of carbonyl (C=O) groups is 1. The average Bonchev–Trinajstić information content (AvgIpc) is 2.38. The Balaban J connectivity index is 2.61. The van der Waals surface area contributed by atoms with Crippen LogP contribution in [0, 0.1) is 12.7 Å². The van der Waals surface area contributed by atoms with E-state index in [0.717, 1.165) is 5.56 Å². The van der Waals surface area contributed by atoms with Gasteiger partial charge in [-0.2, -0.15) is 0 Å². The minimum Gasteiger partial charge on any atom is -0.497 e. The Hall–Kier alpha value is -2.36. The number of rotatable bonds is 3. The monoisotopic (exact) mass is 260 g/mol. The molecule has 0 radical (unpaired) electrons. The lowest BCUT2D eigenvalue weighted by atomic mass is 9.97. The number of hydrogen-bond acceptors (Lipinski definition) is 2. The summed E-state index contributed by atoms with van der Waals surface area (Å²) in [4.78, 5) is 11.0. The highest BCUT2D eigenvalue weighted by atomic mass is 19.1. The zero-order valence-electron chi connectivity index (χ0n) is 10.6. The largest absolute Gasteiger partial charge is 0.497 e. The van der Waals surface area contributed by atoms with E-state index in [1.807, 2.05) is 6.07 Å². The molecule has 0 aliphatic heterocycles. The van der Waals surface area contributed by atoms with Crippen molar-refractivity contribution in [2.75, 3.05) is 7.11 Å². The second-order valence-corrected chi connectivity index (χ2v) is 4.18. The molecular weight excluding hydrogens is 247 g/mol. The number of ether oxygens (including phenoxy) is 1. The van der Waals surface area contributed by atoms with E-state index in [4.69, 9.17) is 9.84 Å². The minimum atomic E-state index is -1.28. The summed E-state index contributed by atoms with van der Waals surface area (Å²) in [5.41, 5.74) is 1.82. The highest BCUT2D eigenvalue weighted by molar-refractivity contribution is 5.90. The SMILES string of the molecule is COc1cccc(-c2cc(C(=O)O)c(F)cc2C)c1. The fourth-order valence-corrected chi connectivity index (χ4v) is 1.94. The van der Waals surface area contributed by atoms with Gasteiger partial charge in [-0.25, -0.2) is 9.18 Å². The summed E-state index contributed by atoms with van der Waals surface area (Å²) < 4.78 is 18.7. The summed E-state index contributed by atoms with van der Waals surface area (Å²) in [6, 6.07) is 9.79. The van der Waals surface area contributed by atoms with Gasteiger partial charge in [-0.1, -0.05) is 12.1 Å². The van der Waals surface area contributed by atoms with Crippen molar-refractivity contribution in [3.05, 3.63) is 53.3 Å². The summed E-state index contributed by atoms with van der Waals surface area (Å²) >= 11 is 0. The number of aryl methyl sites for hydroxylation is 1. The molecule has 0 amide bonds. The molecule has 98 valence electrons. The van der Waals surface area contributed by atoms with Gasteiger partial charge in [-0.15, -0.1) is 0 Å². The van der Waals surface area contributed by atoms with Crippen molar-refractivity contribution in [2.24, 2.45) is 0 Å². The van der Waals surface area contributed by atoms with E-state index in [1.54, 1.807) is 32.2 Å². The van der Waals surface area contributed by atoms with Gasteiger partial charge in [0.1, 0.15) is 11.6 Å². The molecule has 0 bridgehead atoms. The first-order valence-electron chi connectivity index (χ1n) is 5.71. The van der Waals surface area contributed by atoms with Gasteiger partial charge in [0.2, 0.25) is 0 Å². The van der Waals surface area contributed by atoms with Crippen LogP contribution in [0.5, 0.6) is 5.75 Å². The van der Waals surface area contributed by atoms with E-state index >= 15 is 0 Å². The third-order valence-corrected chi connectivity index (χ3v) is 2.93. The van der Waals surface area contributed by atoms with Gasteiger partial charge in [-0.3, -0.25) is 0 Å². The minimum absolute atomic E-state index is 0.330. The van der Waals surface area contributed by atoms with E-state index < -0.39 is 11.8 Å². The molecule has 0 aromatic heterocycles. The predicted molar refractivity (Wildman–Crippen MR) is 70.1 cm³/mol. The van der Waals surface area contributed by atoms with Crippen LogP contribution in [0.3, 0.4) is 0 Å². The van der Waals surface area contributed by atoms with Gasteiger partial charge in [0.15, 0.2) is 0 Å². The lowest BCUT2D eigenvalue weighted by Gasteiger charge is -2.10. The van der Waals surface area contributed by atoms with Crippen LogP contribution >= 0.6 is 0 Å². The normalized spacial score (nSPS) is 10.3. The third-order valence-electron chi connectivity index (χ3n) is 2.93. The molecule has 4 heteroatoms. The molecule has 0 aliphatic carbocycles. The molecule has 3 nitrogen and oxygen atoms in total. The van der Waals surface area contributed by atoms with Crippen molar-refractivity contribution in [1.29, 1.82) is 0 Å². The Kier molecular flexibility index (Phi) is 3.51. The van der Waals surface area contributed by atoms with E-state index in [1.165, 1.54) is 12.1 Å². The van der Waals surface area contributed by atoms with Gasteiger partial charge < -0.3 is 9.84 Å². The molecule has 0 saturated heterocycles. The van der Waals surface area contributed by atoms with Crippen LogP contribution in [0.25, 0.3) is 11.1 Å². The Bertz CT molecular complexity index is 635. The Morgan fingerprint density at radius 3 is 2.63 bits per heavy atom. The van der Waals surface area contributed by atoms with Crippen LogP contribution < -0.4 is 4.74 Å². The summed E-state index contributed by atoms with van der Waals surface area (Å²) in [6.07, 6.45) is 0. The number of halogens is 1. The van der Waals surface area contributed by atoms with Crippen LogP contribution in [0.1, 0.15) is 15.9 Å². The van der Waals surface area contributed by atoms with Gasteiger partial charge >= 0.3 is 5.97 Å². The highest BCUT2D eigenvalue weighted by Crippen LogP contribution is 2.28. The number of benzene rings is 2.